The Morgan fingerprint density at radius 2 is 0.840 bits per heavy atom. The van der Waals surface area contributed by atoms with Crippen molar-refractivity contribution in [1.82, 2.24) is 42.5 Å². The molecule has 15 N–H and O–H groups in total. The predicted octanol–water partition coefficient (Wildman–Crippen LogP) is -2.17. The maximum atomic E-state index is 14.3. The molecule has 414 valence electrons. The molecule has 0 aliphatic heterocycles. The van der Waals surface area contributed by atoms with Crippen LogP contribution >= 0.6 is 0 Å². The minimum Gasteiger partial charge on any atom is -0.481 e. The fourth-order valence-corrected chi connectivity index (χ4v) is 7.35. The third-order valence-corrected chi connectivity index (χ3v) is 11.9. The summed E-state index contributed by atoms with van der Waals surface area (Å²) in [5.41, 5.74) is 6.66. The van der Waals surface area contributed by atoms with Crippen LogP contribution in [-0.2, 0) is 65.6 Å². The van der Waals surface area contributed by atoms with Crippen molar-refractivity contribution in [3.05, 3.63) is 71.8 Å². The van der Waals surface area contributed by atoms with E-state index in [1.807, 2.05) is 0 Å². The first-order chi connectivity index (χ1) is 35.2. The van der Waals surface area contributed by atoms with Gasteiger partial charge in [-0.15, -0.1) is 0 Å². The smallest absolute Gasteiger partial charge is 0.328 e. The summed E-state index contributed by atoms with van der Waals surface area (Å²) in [4.78, 5) is 146. The number of aliphatic carboxylic acids is 3. The summed E-state index contributed by atoms with van der Waals surface area (Å²) in [6, 6.07) is 1.88. The highest BCUT2D eigenvalue weighted by atomic mass is 16.4. The molecule has 0 aromatic heterocycles. The maximum absolute atomic E-state index is 14.3. The second kappa shape index (κ2) is 31.3. The number of carbonyl (C=O) groups excluding carboxylic acids is 8. The van der Waals surface area contributed by atoms with Crippen LogP contribution in [0.4, 0.5) is 0 Å². The molecule has 25 heteroatoms. The van der Waals surface area contributed by atoms with E-state index in [2.05, 4.69) is 42.5 Å². The Hall–Kier alpha value is -7.51. The molecule has 0 aliphatic carbocycles. The summed E-state index contributed by atoms with van der Waals surface area (Å²) < 4.78 is 0. The third-order valence-electron chi connectivity index (χ3n) is 11.9. The maximum Gasteiger partial charge on any atom is 0.328 e. The minimum atomic E-state index is -1.96. The van der Waals surface area contributed by atoms with Gasteiger partial charge in [0.05, 0.1) is 25.6 Å². The summed E-state index contributed by atoms with van der Waals surface area (Å²) in [7, 11) is 0. The van der Waals surface area contributed by atoms with Crippen LogP contribution < -0.4 is 48.3 Å². The van der Waals surface area contributed by atoms with Crippen molar-refractivity contribution in [2.24, 2.45) is 23.5 Å². The lowest BCUT2D eigenvalue weighted by Crippen LogP contribution is -2.62. The van der Waals surface area contributed by atoms with Gasteiger partial charge in [-0.3, -0.25) is 47.9 Å². The van der Waals surface area contributed by atoms with E-state index in [4.69, 9.17) is 5.73 Å². The summed E-state index contributed by atoms with van der Waals surface area (Å²) >= 11 is 0. The topological polar surface area (TPSA) is 411 Å². The van der Waals surface area contributed by atoms with Crippen LogP contribution in [0, 0.1) is 17.8 Å². The molecule has 0 fully saturated rings. The summed E-state index contributed by atoms with van der Waals surface area (Å²) in [5.74, 6) is -14.4. The van der Waals surface area contributed by atoms with Crippen LogP contribution in [0.3, 0.4) is 0 Å². The van der Waals surface area contributed by atoms with Crippen molar-refractivity contribution < 1.29 is 78.3 Å². The Kier molecular flexibility index (Phi) is 26.5. The summed E-state index contributed by atoms with van der Waals surface area (Å²) in [6.07, 6.45) is -3.71. The molecule has 2 aromatic rings. The predicted molar refractivity (Wildman–Crippen MR) is 268 cm³/mol. The molecular formula is C50H73N9O16. The zero-order chi connectivity index (χ0) is 56.7. The Morgan fingerprint density at radius 1 is 0.480 bits per heavy atom. The van der Waals surface area contributed by atoms with Crippen LogP contribution in [-0.4, -0.2) is 158 Å². The molecule has 25 nitrogen and oxygen atoms in total. The van der Waals surface area contributed by atoms with Crippen molar-refractivity contribution in [2.75, 3.05) is 6.61 Å². The molecular weight excluding hydrogens is 983 g/mol. The zero-order valence-corrected chi connectivity index (χ0v) is 43.0. The van der Waals surface area contributed by atoms with E-state index >= 15 is 0 Å². The lowest BCUT2D eigenvalue weighted by atomic mass is 9.96. The Balaban J connectivity index is 2.53. The fourth-order valence-electron chi connectivity index (χ4n) is 7.35. The first-order valence-corrected chi connectivity index (χ1v) is 24.4. The molecule has 75 heavy (non-hydrogen) atoms. The highest BCUT2D eigenvalue weighted by Gasteiger charge is 2.37. The zero-order valence-electron chi connectivity index (χ0n) is 43.0. The molecule has 8 amide bonds. The molecule has 2 rings (SSSR count). The monoisotopic (exact) mass is 1060 g/mol. The number of carboxylic acid groups (broad SMARTS) is 3. The molecule has 0 heterocycles. The molecule has 0 saturated heterocycles. The lowest BCUT2D eigenvalue weighted by Gasteiger charge is -2.29. The SMILES string of the molecule is CC[C@H](C)[C@H](NC(=O)[C@H](Cc1ccccc1)NC(=O)[C@H](CC(=O)O)NC(=O)[C@H](Cc1ccccc1)NC(=O)[C@H](CC(=O)O)NC(=O)[C@H](CC(C)C)NC(=O)[C@@H](NC(=O)[C@@H](N)[C@@H](C)O)C(C)C)C(=O)N[C@@H](CO)C(=O)O. The van der Waals surface area contributed by atoms with Crippen molar-refractivity contribution in [3.63, 3.8) is 0 Å². The molecule has 0 aliphatic rings. The Labute approximate surface area is 434 Å². The van der Waals surface area contributed by atoms with Gasteiger partial charge in [-0.05, 0) is 42.2 Å². The first kappa shape index (κ1) is 63.6. The molecule has 2 aromatic carbocycles. The standard InChI is InChI=1S/C50H73N9O16/c1-8-27(6)41(49(73)57-36(24-60)50(74)75)59-46(70)33(21-30-17-13-10-14-18-30)53-45(69)35(23-38(64)65)55-43(67)32(20-29-15-11-9-12-16-29)52-44(68)34(22-37(62)63)54-42(66)31(19-25(2)3)56-48(72)40(26(4)5)58-47(71)39(51)28(7)61/h9-18,25-28,31-36,39-41,60-61H,8,19-24,51H2,1-7H3,(H,52,68)(H,53,69)(H,54,66)(H,55,67)(H,56,72)(H,57,73)(H,58,71)(H,59,70)(H,62,63)(H,64,65)(H,74,75)/t27-,28+,31-,32-,33-,34-,35-,36-,39-,40-,41-/m0/s1. The van der Waals surface area contributed by atoms with Gasteiger partial charge in [0, 0.05) is 12.8 Å². The highest BCUT2D eigenvalue weighted by molar-refractivity contribution is 5.99. The second-order valence-corrected chi connectivity index (χ2v) is 19.0. The van der Waals surface area contributed by atoms with E-state index in [1.54, 1.807) is 102 Å². The Morgan fingerprint density at radius 3 is 1.21 bits per heavy atom. The number of carbonyl (C=O) groups is 11. The normalized spacial score (nSPS) is 15.6. The average molecular weight is 1060 g/mol. The molecule has 0 radical (unpaired) electrons. The number of hydrogen-bond donors (Lipinski definition) is 14. The number of carboxylic acids is 3. The number of hydrogen-bond acceptors (Lipinski definition) is 14. The van der Waals surface area contributed by atoms with Gasteiger partial charge in [-0.1, -0.05) is 109 Å². The molecule has 0 saturated carbocycles. The third kappa shape index (κ3) is 21.9. The first-order valence-electron chi connectivity index (χ1n) is 24.4. The largest absolute Gasteiger partial charge is 0.481 e. The van der Waals surface area contributed by atoms with Gasteiger partial charge < -0.3 is 73.8 Å². The van der Waals surface area contributed by atoms with E-state index in [1.165, 1.54) is 6.92 Å². The molecule has 0 unspecified atom stereocenters. The number of amides is 8. The molecule has 0 bridgehead atoms. The van der Waals surface area contributed by atoms with Crippen LogP contribution in [0.15, 0.2) is 60.7 Å². The van der Waals surface area contributed by atoms with Gasteiger partial charge >= 0.3 is 17.9 Å². The van der Waals surface area contributed by atoms with Gasteiger partial charge in [0.15, 0.2) is 0 Å². The van der Waals surface area contributed by atoms with Crippen molar-refractivity contribution in [2.45, 2.75) is 147 Å². The minimum absolute atomic E-state index is 0.0452. The number of aliphatic hydroxyl groups is 2. The van der Waals surface area contributed by atoms with E-state index in [9.17, 15) is 78.3 Å². The van der Waals surface area contributed by atoms with E-state index < -0.39 is 157 Å². The molecule has 0 spiro atoms. The van der Waals surface area contributed by atoms with Crippen molar-refractivity contribution in [3.8, 4) is 0 Å². The van der Waals surface area contributed by atoms with Gasteiger partial charge in [0.1, 0.15) is 54.4 Å². The van der Waals surface area contributed by atoms with Crippen LogP contribution in [0.1, 0.15) is 85.3 Å². The summed E-state index contributed by atoms with van der Waals surface area (Å²) in [5, 5.41) is 67.7. The van der Waals surface area contributed by atoms with Gasteiger partial charge in [-0.2, -0.15) is 0 Å². The van der Waals surface area contributed by atoms with Crippen molar-refractivity contribution >= 4 is 65.2 Å². The van der Waals surface area contributed by atoms with Gasteiger partial charge in [0.2, 0.25) is 47.3 Å². The highest BCUT2D eigenvalue weighted by Crippen LogP contribution is 2.14. The lowest BCUT2D eigenvalue weighted by molar-refractivity contribution is -0.143. The van der Waals surface area contributed by atoms with Crippen molar-refractivity contribution in [1.29, 1.82) is 0 Å². The van der Waals surface area contributed by atoms with Crippen LogP contribution in [0.2, 0.25) is 0 Å². The van der Waals surface area contributed by atoms with Gasteiger partial charge in [0.25, 0.3) is 0 Å². The summed E-state index contributed by atoms with van der Waals surface area (Å²) in [6.45, 7) is 10.2. The van der Waals surface area contributed by atoms with Gasteiger partial charge in [-0.25, -0.2) is 4.79 Å². The van der Waals surface area contributed by atoms with E-state index in [0.717, 1.165) is 0 Å². The number of benzene rings is 2. The fraction of sp³-hybridized carbons (Fsp3) is 0.540. The number of rotatable bonds is 32. The molecule has 11 atom stereocenters. The number of nitrogens with one attached hydrogen (secondary N) is 8. The van der Waals surface area contributed by atoms with Crippen LogP contribution in [0.25, 0.3) is 0 Å². The number of nitrogens with two attached hydrogens (primary N) is 1. The average Bonchev–Trinajstić information content (AvgIpc) is 3.34. The van der Waals surface area contributed by atoms with E-state index in [0.29, 0.717) is 17.5 Å². The van der Waals surface area contributed by atoms with E-state index in [-0.39, 0.29) is 25.2 Å². The second-order valence-electron chi connectivity index (χ2n) is 19.0. The number of aliphatic hydroxyl groups excluding tert-OH is 2. The van der Waals surface area contributed by atoms with Crippen LogP contribution in [0.5, 0.6) is 0 Å². The quantitative estimate of drug-likeness (QED) is 0.0371. The Bertz CT molecular complexity index is 2280.